The van der Waals surface area contributed by atoms with Gasteiger partial charge in [0.15, 0.2) is 5.84 Å². The van der Waals surface area contributed by atoms with Crippen molar-refractivity contribution in [1.82, 2.24) is 24.6 Å². The summed E-state index contributed by atoms with van der Waals surface area (Å²) in [6.07, 6.45) is 4.83. The summed E-state index contributed by atoms with van der Waals surface area (Å²) in [5.74, 6) is 0.387. The van der Waals surface area contributed by atoms with E-state index in [1.54, 1.807) is 53.3 Å². The molecule has 1 aliphatic carbocycles. The van der Waals surface area contributed by atoms with Gasteiger partial charge in [-0.1, -0.05) is 49.7 Å². The highest BCUT2D eigenvalue weighted by Gasteiger charge is 2.29. The first-order chi connectivity index (χ1) is 21.6. The van der Waals surface area contributed by atoms with E-state index in [0.717, 1.165) is 37.8 Å². The third-order valence-electron chi connectivity index (χ3n) is 8.38. The number of rotatable bonds is 10. The van der Waals surface area contributed by atoms with E-state index < -0.39 is 17.8 Å². The number of nitrogens with zero attached hydrogens (tertiary/aromatic N) is 5. The van der Waals surface area contributed by atoms with Crippen molar-refractivity contribution in [3.63, 3.8) is 0 Å². The minimum absolute atomic E-state index is 0.0248. The average Bonchev–Trinajstić information content (AvgIpc) is 3.68. The van der Waals surface area contributed by atoms with Crippen LogP contribution in [0.15, 0.2) is 58.6 Å². The number of aromatic nitrogens is 4. The van der Waals surface area contributed by atoms with Gasteiger partial charge in [-0.15, -0.1) is 0 Å². The molecule has 0 saturated heterocycles. The number of aryl methyl sites for hydroxylation is 1. The lowest BCUT2D eigenvalue weighted by atomic mass is 9.92. The molecule has 2 aliphatic rings. The largest absolute Gasteiger partial charge is 0.388 e. The first-order valence-electron chi connectivity index (χ1n) is 15.5. The van der Waals surface area contributed by atoms with Crippen LogP contribution in [0.1, 0.15) is 81.3 Å². The molecular weight excluding hydrogens is 579 g/mol. The smallest absolute Gasteiger partial charge is 0.280 e. The quantitative estimate of drug-likeness (QED) is 0.242. The summed E-state index contributed by atoms with van der Waals surface area (Å²) < 4.78 is 25.3. The number of benzene rings is 2. The zero-order chi connectivity index (χ0) is 31.7. The molecule has 0 amide bonds. The Labute approximate surface area is 260 Å². The predicted molar refractivity (Wildman–Crippen MR) is 166 cm³/mol. The molecule has 0 radical (unpaired) electrons. The average molecular weight is 619 g/mol. The Morgan fingerprint density at radius 1 is 1.11 bits per heavy atom. The summed E-state index contributed by atoms with van der Waals surface area (Å²) in [5.41, 5.74) is 5.13. The predicted octanol–water partition coefficient (Wildman–Crippen LogP) is 4.07. The zero-order valence-electron chi connectivity index (χ0n) is 25.7. The summed E-state index contributed by atoms with van der Waals surface area (Å²) in [6, 6.07) is 12.1. The van der Waals surface area contributed by atoms with Gasteiger partial charge < -0.3 is 14.9 Å². The first-order valence-corrected chi connectivity index (χ1v) is 15.5. The molecule has 2 aromatic heterocycles. The highest BCUT2D eigenvalue weighted by molar-refractivity contribution is 6.04. The van der Waals surface area contributed by atoms with Crippen LogP contribution in [0.5, 0.6) is 0 Å². The number of aliphatic imine (C=N–C) groups is 1. The molecule has 1 fully saturated rings. The van der Waals surface area contributed by atoms with E-state index in [0.29, 0.717) is 45.9 Å². The van der Waals surface area contributed by atoms with Crippen LogP contribution >= 0.6 is 0 Å². The second-order valence-electron chi connectivity index (χ2n) is 12.4. The molecule has 3 heterocycles. The molecule has 1 atom stereocenters. The van der Waals surface area contributed by atoms with E-state index in [4.69, 9.17) is 9.57 Å². The molecule has 2 aromatic carbocycles. The van der Waals surface area contributed by atoms with Gasteiger partial charge >= 0.3 is 0 Å². The van der Waals surface area contributed by atoms with E-state index in [9.17, 15) is 15.0 Å². The molecule has 4 aromatic rings. The van der Waals surface area contributed by atoms with Gasteiger partial charge in [0.25, 0.3) is 12.0 Å². The first kappa shape index (κ1) is 31.0. The SMILES string of the molecule is CCCc1c(Cc2ccc(-c3ccccc3C3=NC(O)ON3)c(F)c2)c(=O)n(C2CCC(OCC(C)(C)O)CC2)c2ncnn12. The summed E-state index contributed by atoms with van der Waals surface area (Å²) >= 11 is 0. The van der Waals surface area contributed by atoms with Crippen molar-refractivity contribution in [2.24, 2.45) is 4.99 Å². The fourth-order valence-electron chi connectivity index (χ4n) is 6.28. The fraction of sp³-hybridized carbons (Fsp3) is 0.455. The summed E-state index contributed by atoms with van der Waals surface area (Å²) in [7, 11) is 0. The number of hydrogen-bond acceptors (Lipinski definition) is 9. The Hall–Kier alpha value is -3.97. The Balaban J connectivity index is 1.32. The van der Waals surface area contributed by atoms with Gasteiger partial charge in [-0.3, -0.25) is 9.36 Å². The van der Waals surface area contributed by atoms with Crippen molar-refractivity contribution < 1.29 is 24.2 Å². The van der Waals surface area contributed by atoms with Crippen LogP contribution in [0.2, 0.25) is 0 Å². The molecule has 3 N–H and O–H groups in total. The minimum Gasteiger partial charge on any atom is -0.388 e. The van der Waals surface area contributed by atoms with Crippen LogP contribution in [-0.4, -0.2) is 59.9 Å². The molecule has 12 heteroatoms. The molecule has 238 valence electrons. The number of aliphatic hydroxyl groups excluding tert-OH is 1. The van der Waals surface area contributed by atoms with Gasteiger partial charge in [-0.2, -0.15) is 10.1 Å². The number of nitrogens with one attached hydrogen (secondary N) is 1. The number of fused-ring (bicyclic) bond motifs is 1. The van der Waals surface area contributed by atoms with Crippen LogP contribution in [0.3, 0.4) is 0 Å². The lowest BCUT2D eigenvalue weighted by Gasteiger charge is -2.32. The zero-order valence-corrected chi connectivity index (χ0v) is 25.7. The van der Waals surface area contributed by atoms with E-state index in [2.05, 4.69) is 20.6 Å². The number of hydroxylamine groups is 1. The van der Waals surface area contributed by atoms with Crippen molar-refractivity contribution in [3.05, 3.63) is 87.3 Å². The molecule has 1 unspecified atom stereocenters. The Morgan fingerprint density at radius 2 is 1.87 bits per heavy atom. The van der Waals surface area contributed by atoms with E-state index in [1.165, 1.54) is 12.4 Å². The van der Waals surface area contributed by atoms with Crippen LogP contribution in [0.25, 0.3) is 16.9 Å². The van der Waals surface area contributed by atoms with Gasteiger partial charge in [0.2, 0.25) is 5.78 Å². The van der Waals surface area contributed by atoms with Crippen LogP contribution in [0.4, 0.5) is 4.39 Å². The van der Waals surface area contributed by atoms with Crippen molar-refractivity contribution in [1.29, 1.82) is 0 Å². The molecule has 0 spiro atoms. The Kier molecular flexibility index (Phi) is 8.82. The van der Waals surface area contributed by atoms with E-state index in [1.807, 2.05) is 13.0 Å². The maximum Gasteiger partial charge on any atom is 0.280 e. The van der Waals surface area contributed by atoms with Crippen LogP contribution in [0, 0.1) is 5.82 Å². The lowest BCUT2D eigenvalue weighted by Crippen LogP contribution is -2.36. The van der Waals surface area contributed by atoms with Crippen molar-refractivity contribution in [2.45, 2.75) is 89.9 Å². The van der Waals surface area contributed by atoms with Gasteiger partial charge in [0.1, 0.15) is 12.1 Å². The van der Waals surface area contributed by atoms with E-state index in [-0.39, 0.29) is 30.7 Å². The van der Waals surface area contributed by atoms with Crippen LogP contribution in [-0.2, 0) is 22.4 Å². The van der Waals surface area contributed by atoms with Crippen LogP contribution < -0.4 is 11.0 Å². The van der Waals surface area contributed by atoms with E-state index >= 15 is 4.39 Å². The van der Waals surface area contributed by atoms with Gasteiger partial charge in [0, 0.05) is 29.2 Å². The van der Waals surface area contributed by atoms with Crippen molar-refractivity contribution in [2.75, 3.05) is 6.61 Å². The Morgan fingerprint density at radius 3 is 2.53 bits per heavy atom. The number of aliphatic hydroxyl groups is 2. The molecule has 0 bridgehead atoms. The molecule has 1 aliphatic heterocycles. The second-order valence-corrected chi connectivity index (χ2v) is 12.4. The number of ether oxygens (including phenoxy) is 1. The maximum atomic E-state index is 15.8. The maximum absolute atomic E-state index is 15.8. The standard InChI is InChI=1S/C33H39FN6O5/c1-4-7-28-26(16-20-10-15-24(27(34)17-20)23-8-5-6-9-25(23)29-37-32(42)45-38-29)30(41)39(31-35-19-36-40(28)31)21-11-13-22(14-12-21)44-18-33(2,3)43/h5-6,8-10,15,17,19,21-22,32,42-43H,4,7,11-14,16,18H2,1-3H3,(H,37,38). The molecule has 45 heavy (non-hydrogen) atoms. The topological polar surface area (TPSA) is 136 Å². The summed E-state index contributed by atoms with van der Waals surface area (Å²) in [6.45, 7) is 5.76. The molecule has 1 saturated carbocycles. The fourth-order valence-corrected chi connectivity index (χ4v) is 6.28. The molecule has 11 nitrogen and oxygen atoms in total. The van der Waals surface area contributed by atoms with Gasteiger partial charge in [-0.25, -0.2) is 24.2 Å². The third kappa shape index (κ3) is 6.55. The number of halogens is 1. The van der Waals surface area contributed by atoms with Crippen molar-refractivity contribution >= 4 is 11.6 Å². The third-order valence-corrected chi connectivity index (χ3v) is 8.38. The Bertz CT molecular complexity index is 1770. The van der Waals surface area contributed by atoms with Crippen molar-refractivity contribution in [3.8, 4) is 11.1 Å². The monoisotopic (exact) mass is 618 g/mol. The minimum atomic E-state index is -1.33. The summed E-state index contributed by atoms with van der Waals surface area (Å²) in [5, 5.41) is 24.2. The highest BCUT2D eigenvalue weighted by Crippen LogP contribution is 2.32. The van der Waals surface area contributed by atoms with Gasteiger partial charge in [-0.05, 0) is 63.1 Å². The lowest BCUT2D eigenvalue weighted by molar-refractivity contribution is -0.102. The normalized spacial score (nSPS) is 20.4. The number of hydrogen-bond donors (Lipinski definition) is 3. The molecular formula is C33H39FN6O5. The van der Waals surface area contributed by atoms with Gasteiger partial charge in [0.05, 0.1) is 24.0 Å². The highest BCUT2D eigenvalue weighted by atomic mass is 19.1. The summed E-state index contributed by atoms with van der Waals surface area (Å²) in [4.78, 5) is 27.7. The number of amidine groups is 1. The molecule has 6 rings (SSSR count). The second kappa shape index (κ2) is 12.8.